The minimum atomic E-state index is -0.499. The van der Waals surface area contributed by atoms with Crippen LogP contribution in [0.2, 0.25) is 0 Å². The molecule has 2 aromatic heterocycles. The fourth-order valence-corrected chi connectivity index (χ4v) is 3.09. The van der Waals surface area contributed by atoms with Crippen molar-refractivity contribution in [2.75, 3.05) is 18.0 Å². The molecule has 0 radical (unpaired) electrons. The molecule has 3 heterocycles. The van der Waals surface area contributed by atoms with E-state index in [1.165, 1.54) is 0 Å². The summed E-state index contributed by atoms with van der Waals surface area (Å²) in [5.41, 5.74) is 2.40. The van der Waals surface area contributed by atoms with Crippen molar-refractivity contribution in [1.29, 1.82) is 0 Å². The largest absolute Gasteiger partial charge is 0.444 e. The highest BCUT2D eigenvalue weighted by molar-refractivity contribution is 5.68. The summed E-state index contributed by atoms with van der Waals surface area (Å²) in [4.78, 5) is 27.8. The predicted octanol–water partition coefficient (Wildman–Crippen LogP) is 3.26. The molecule has 1 saturated heterocycles. The minimum absolute atomic E-state index is 0.0383. The van der Waals surface area contributed by atoms with E-state index in [0.29, 0.717) is 12.4 Å². The molecule has 7 nitrogen and oxygen atoms in total. The highest BCUT2D eigenvalue weighted by Crippen LogP contribution is 2.27. The SMILES string of the molecule is Cc1nc(-c2cccnc2)nc(N2CC[C@@H](NC(=O)OC(C)(C)C)C2)c1C. The van der Waals surface area contributed by atoms with Crippen molar-refractivity contribution in [3.8, 4) is 11.4 Å². The van der Waals surface area contributed by atoms with Gasteiger partial charge >= 0.3 is 6.09 Å². The number of carbonyl (C=O) groups excluding carboxylic acids is 1. The zero-order valence-electron chi connectivity index (χ0n) is 16.6. The van der Waals surface area contributed by atoms with Gasteiger partial charge in [0.25, 0.3) is 0 Å². The first-order chi connectivity index (χ1) is 12.7. The van der Waals surface area contributed by atoms with Crippen molar-refractivity contribution in [1.82, 2.24) is 20.3 Å². The quantitative estimate of drug-likeness (QED) is 0.894. The Morgan fingerprint density at radius 2 is 2.07 bits per heavy atom. The summed E-state index contributed by atoms with van der Waals surface area (Å²) in [6, 6.07) is 3.87. The van der Waals surface area contributed by atoms with Gasteiger partial charge in [-0.15, -0.1) is 0 Å². The maximum atomic E-state index is 12.0. The Morgan fingerprint density at radius 1 is 1.30 bits per heavy atom. The van der Waals surface area contributed by atoms with Crippen LogP contribution in [0.25, 0.3) is 11.4 Å². The molecule has 1 aliphatic heterocycles. The Morgan fingerprint density at radius 3 is 2.74 bits per heavy atom. The van der Waals surface area contributed by atoms with Crippen molar-refractivity contribution < 1.29 is 9.53 Å². The minimum Gasteiger partial charge on any atom is -0.444 e. The first-order valence-corrected chi connectivity index (χ1v) is 9.23. The van der Waals surface area contributed by atoms with Crippen LogP contribution in [0.3, 0.4) is 0 Å². The van der Waals surface area contributed by atoms with Crippen LogP contribution in [0.15, 0.2) is 24.5 Å². The molecule has 1 fully saturated rings. The summed E-state index contributed by atoms with van der Waals surface area (Å²) in [6.45, 7) is 11.1. The van der Waals surface area contributed by atoms with E-state index in [-0.39, 0.29) is 12.1 Å². The number of aryl methyl sites for hydroxylation is 1. The monoisotopic (exact) mass is 369 g/mol. The van der Waals surface area contributed by atoms with Gasteiger partial charge in [0.2, 0.25) is 0 Å². The van der Waals surface area contributed by atoms with Crippen LogP contribution in [-0.4, -0.2) is 45.8 Å². The molecule has 0 aromatic carbocycles. The van der Waals surface area contributed by atoms with Gasteiger partial charge in [0.05, 0.1) is 6.04 Å². The molecule has 7 heteroatoms. The molecule has 1 atom stereocenters. The number of nitrogens with one attached hydrogen (secondary N) is 1. The number of hydrogen-bond donors (Lipinski definition) is 1. The molecule has 0 bridgehead atoms. The lowest BCUT2D eigenvalue weighted by Gasteiger charge is -2.23. The first-order valence-electron chi connectivity index (χ1n) is 9.23. The Hall–Kier alpha value is -2.70. The third kappa shape index (κ3) is 4.72. The molecule has 0 aliphatic carbocycles. The number of pyridine rings is 1. The van der Waals surface area contributed by atoms with E-state index in [0.717, 1.165) is 35.6 Å². The fraction of sp³-hybridized carbons (Fsp3) is 0.500. The van der Waals surface area contributed by atoms with E-state index >= 15 is 0 Å². The zero-order valence-corrected chi connectivity index (χ0v) is 16.6. The Kier molecular flexibility index (Phi) is 5.30. The lowest BCUT2D eigenvalue weighted by Crippen LogP contribution is -2.40. The van der Waals surface area contributed by atoms with E-state index in [1.807, 2.05) is 46.8 Å². The lowest BCUT2D eigenvalue weighted by molar-refractivity contribution is 0.0509. The van der Waals surface area contributed by atoms with Crippen LogP contribution in [0, 0.1) is 13.8 Å². The number of anilines is 1. The molecule has 144 valence electrons. The molecule has 1 N–H and O–H groups in total. The number of nitrogens with zero attached hydrogens (tertiary/aromatic N) is 4. The molecule has 1 aliphatic rings. The molecule has 1 amide bonds. The summed E-state index contributed by atoms with van der Waals surface area (Å²) in [7, 11) is 0. The van der Waals surface area contributed by atoms with Crippen LogP contribution in [-0.2, 0) is 4.74 Å². The van der Waals surface area contributed by atoms with Gasteiger partial charge in [-0.3, -0.25) is 4.98 Å². The third-order valence-corrected chi connectivity index (χ3v) is 4.49. The predicted molar refractivity (Wildman–Crippen MR) is 105 cm³/mol. The number of amides is 1. The summed E-state index contributed by atoms with van der Waals surface area (Å²) >= 11 is 0. The summed E-state index contributed by atoms with van der Waals surface area (Å²) in [5, 5.41) is 2.96. The van der Waals surface area contributed by atoms with Gasteiger partial charge in [-0.1, -0.05) is 0 Å². The van der Waals surface area contributed by atoms with Crippen molar-refractivity contribution >= 4 is 11.9 Å². The van der Waals surface area contributed by atoms with Crippen molar-refractivity contribution in [3.63, 3.8) is 0 Å². The van der Waals surface area contributed by atoms with E-state index in [4.69, 9.17) is 9.72 Å². The van der Waals surface area contributed by atoms with Gasteiger partial charge in [-0.05, 0) is 53.2 Å². The molecule has 0 spiro atoms. The topological polar surface area (TPSA) is 80.2 Å². The molecule has 0 saturated carbocycles. The highest BCUT2D eigenvalue weighted by Gasteiger charge is 2.28. The van der Waals surface area contributed by atoms with Gasteiger partial charge in [0.15, 0.2) is 5.82 Å². The number of aromatic nitrogens is 3. The lowest BCUT2D eigenvalue weighted by atomic mass is 10.2. The maximum Gasteiger partial charge on any atom is 0.407 e. The van der Waals surface area contributed by atoms with E-state index < -0.39 is 5.60 Å². The van der Waals surface area contributed by atoms with E-state index in [9.17, 15) is 4.79 Å². The van der Waals surface area contributed by atoms with Gasteiger partial charge in [0, 0.05) is 42.3 Å². The molecule has 27 heavy (non-hydrogen) atoms. The van der Waals surface area contributed by atoms with E-state index in [1.54, 1.807) is 12.4 Å². The Bertz CT molecular complexity index is 817. The summed E-state index contributed by atoms with van der Waals surface area (Å²) < 4.78 is 5.36. The number of hydrogen-bond acceptors (Lipinski definition) is 6. The number of alkyl carbamates (subject to hydrolysis) is 1. The average Bonchev–Trinajstić information content (AvgIpc) is 3.04. The van der Waals surface area contributed by atoms with Crippen molar-refractivity contribution in [3.05, 3.63) is 35.8 Å². The third-order valence-electron chi connectivity index (χ3n) is 4.49. The van der Waals surface area contributed by atoms with Crippen molar-refractivity contribution in [2.45, 2.75) is 52.7 Å². The first kappa shape index (κ1) is 19.1. The molecular weight excluding hydrogens is 342 g/mol. The average molecular weight is 369 g/mol. The molecule has 2 aromatic rings. The molecule has 3 rings (SSSR count). The van der Waals surface area contributed by atoms with Crippen LogP contribution in [0.4, 0.5) is 10.6 Å². The zero-order chi connectivity index (χ0) is 19.6. The smallest absolute Gasteiger partial charge is 0.407 e. The molecule has 0 unspecified atom stereocenters. The van der Waals surface area contributed by atoms with Gasteiger partial charge in [0.1, 0.15) is 11.4 Å². The highest BCUT2D eigenvalue weighted by atomic mass is 16.6. The normalized spacial score (nSPS) is 17.1. The van der Waals surface area contributed by atoms with Gasteiger partial charge in [-0.2, -0.15) is 0 Å². The second kappa shape index (κ2) is 7.50. The second-order valence-electron chi connectivity index (χ2n) is 7.90. The van der Waals surface area contributed by atoms with Gasteiger partial charge < -0.3 is 15.0 Å². The van der Waals surface area contributed by atoms with Gasteiger partial charge in [-0.25, -0.2) is 14.8 Å². The van der Waals surface area contributed by atoms with Crippen LogP contribution in [0.5, 0.6) is 0 Å². The maximum absolute atomic E-state index is 12.0. The van der Waals surface area contributed by atoms with Crippen LogP contribution in [0.1, 0.15) is 38.4 Å². The van der Waals surface area contributed by atoms with Crippen LogP contribution >= 0.6 is 0 Å². The standard InChI is InChI=1S/C20H27N5O2/c1-13-14(2)22-17(15-7-6-9-21-11-15)24-18(13)25-10-8-16(12-25)23-19(26)27-20(3,4)5/h6-7,9,11,16H,8,10,12H2,1-5H3,(H,23,26)/t16-/m1/s1. The summed E-state index contributed by atoms with van der Waals surface area (Å²) in [5.74, 6) is 1.58. The fourth-order valence-electron chi connectivity index (χ4n) is 3.09. The number of ether oxygens (including phenoxy) is 1. The van der Waals surface area contributed by atoms with E-state index in [2.05, 4.69) is 20.2 Å². The second-order valence-corrected chi connectivity index (χ2v) is 7.90. The Labute approximate surface area is 160 Å². The Balaban J connectivity index is 1.75. The van der Waals surface area contributed by atoms with Crippen molar-refractivity contribution in [2.24, 2.45) is 0 Å². The van der Waals surface area contributed by atoms with Crippen LogP contribution < -0.4 is 10.2 Å². The number of rotatable bonds is 3. The summed E-state index contributed by atoms with van der Waals surface area (Å²) in [6.07, 6.45) is 3.98. The number of carbonyl (C=O) groups is 1. The molecular formula is C20H27N5O2.